The highest BCUT2D eigenvalue weighted by Crippen LogP contribution is 2.30. The number of carbonyl (C=O) groups excluding carboxylic acids is 1. The molecule has 2 aromatic heterocycles. The zero-order chi connectivity index (χ0) is 16.2. The van der Waals surface area contributed by atoms with Crippen molar-refractivity contribution in [2.45, 2.75) is 38.5 Å². The summed E-state index contributed by atoms with van der Waals surface area (Å²) < 4.78 is 0. The van der Waals surface area contributed by atoms with Gasteiger partial charge in [0.25, 0.3) is 5.91 Å². The predicted octanol–water partition coefficient (Wildman–Crippen LogP) is 2.68. The summed E-state index contributed by atoms with van der Waals surface area (Å²) >= 11 is 3.25. The molecule has 124 valence electrons. The van der Waals surface area contributed by atoms with Gasteiger partial charge in [0.2, 0.25) is 0 Å². The molecule has 0 saturated carbocycles. The van der Waals surface area contributed by atoms with Gasteiger partial charge in [0.1, 0.15) is 5.69 Å². The number of thiazole rings is 2. The van der Waals surface area contributed by atoms with Crippen molar-refractivity contribution >= 4 is 28.6 Å². The molecule has 7 heteroatoms. The lowest BCUT2D eigenvalue weighted by Gasteiger charge is -2.31. The van der Waals surface area contributed by atoms with Crippen LogP contribution in [0.2, 0.25) is 0 Å². The van der Waals surface area contributed by atoms with Crippen LogP contribution in [0.1, 0.15) is 51.9 Å². The first-order valence-corrected chi connectivity index (χ1v) is 9.85. The summed E-state index contributed by atoms with van der Waals surface area (Å²) in [5.41, 5.74) is 7.26. The van der Waals surface area contributed by atoms with Crippen LogP contribution in [0.25, 0.3) is 0 Å². The zero-order valence-corrected chi connectivity index (χ0v) is 15.0. The maximum atomic E-state index is 12.7. The molecule has 0 aromatic carbocycles. The first-order chi connectivity index (χ1) is 11.2. The molecule has 1 saturated heterocycles. The van der Waals surface area contributed by atoms with Crippen LogP contribution in [-0.4, -0.2) is 40.4 Å². The highest BCUT2D eigenvalue weighted by atomic mass is 32.1. The van der Waals surface area contributed by atoms with Gasteiger partial charge in [-0.25, -0.2) is 9.97 Å². The van der Waals surface area contributed by atoms with Gasteiger partial charge in [-0.2, -0.15) is 0 Å². The lowest BCUT2D eigenvalue weighted by molar-refractivity contribution is 0.0701. The minimum Gasteiger partial charge on any atom is -0.337 e. The normalized spacial score (nSPS) is 18.3. The average molecular weight is 351 g/mol. The molecule has 0 bridgehead atoms. The molecular weight excluding hydrogens is 328 g/mol. The molecule has 1 fully saturated rings. The molecule has 2 aromatic rings. The van der Waals surface area contributed by atoms with E-state index in [1.807, 2.05) is 10.3 Å². The second kappa shape index (κ2) is 7.51. The van der Waals surface area contributed by atoms with Crippen LogP contribution in [-0.2, 0) is 12.8 Å². The number of aryl methyl sites for hydroxylation is 1. The van der Waals surface area contributed by atoms with Crippen molar-refractivity contribution in [2.24, 2.45) is 5.73 Å². The summed E-state index contributed by atoms with van der Waals surface area (Å²) in [5, 5.41) is 6.10. The summed E-state index contributed by atoms with van der Waals surface area (Å²) in [6, 6.07) is 0. The molecule has 2 N–H and O–H groups in total. The van der Waals surface area contributed by atoms with E-state index in [4.69, 9.17) is 10.7 Å². The fraction of sp³-hybridized carbons (Fsp3) is 0.562. The maximum absolute atomic E-state index is 12.7. The van der Waals surface area contributed by atoms with E-state index in [0.717, 1.165) is 49.5 Å². The van der Waals surface area contributed by atoms with Gasteiger partial charge in [0, 0.05) is 36.2 Å². The molecule has 23 heavy (non-hydrogen) atoms. The van der Waals surface area contributed by atoms with Crippen molar-refractivity contribution in [3.8, 4) is 0 Å². The number of hydrogen-bond donors (Lipinski definition) is 1. The monoisotopic (exact) mass is 350 g/mol. The number of amides is 1. The van der Waals surface area contributed by atoms with E-state index >= 15 is 0 Å². The van der Waals surface area contributed by atoms with Gasteiger partial charge >= 0.3 is 0 Å². The second-order valence-corrected chi connectivity index (χ2v) is 7.62. The van der Waals surface area contributed by atoms with E-state index in [1.165, 1.54) is 16.3 Å². The standard InChI is InChI=1S/C16H22N4OS2/c1-2-12-9-23-15(18-12)11-4-3-7-20(8-11)16(21)13-10-22-14(19-13)5-6-17/h9-11H,2-8,17H2,1H3. The molecule has 0 spiro atoms. The Kier molecular flexibility index (Phi) is 5.40. The number of aromatic nitrogens is 2. The minimum absolute atomic E-state index is 0.0430. The maximum Gasteiger partial charge on any atom is 0.273 e. The Hall–Kier alpha value is -1.31. The highest BCUT2D eigenvalue weighted by Gasteiger charge is 2.28. The van der Waals surface area contributed by atoms with E-state index in [-0.39, 0.29) is 5.91 Å². The van der Waals surface area contributed by atoms with Gasteiger partial charge in [0.05, 0.1) is 15.7 Å². The van der Waals surface area contributed by atoms with Crippen molar-refractivity contribution in [3.63, 3.8) is 0 Å². The van der Waals surface area contributed by atoms with E-state index in [1.54, 1.807) is 11.3 Å². The Morgan fingerprint density at radius 1 is 1.39 bits per heavy atom. The fourth-order valence-corrected chi connectivity index (χ4v) is 4.66. The fourth-order valence-electron chi connectivity index (χ4n) is 2.85. The third kappa shape index (κ3) is 3.79. The van der Waals surface area contributed by atoms with Crippen molar-refractivity contribution in [3.05, 3.63) is 32.2 Å². The number of hydrogen-bond acceptors (Lipinski definition) is 6. The van der Waals surface area contributed by atoms with Crippen LogP contribution in [0.5, 0.6) is 0 Å². The molecular formula is C16H22N4OS2. The quantitative estimate of drug-likeness (QED) is 0.900. The van der Waals surface area contributed by atoms with Crippen LogP contribution in [0.15, 0.2) is 10.8 Å². The van der Waals surface area contributed by atoms with Gasteiger partial charge in [-0.15, -0.1) is 22.7 Å². The zero-order valence-electron chi connectivity index (χ0n) is 13.3. The highest BCUT2D eigenvalue weighted by molar-refractivity contribution is 7.10. The number of nitrogens with zero attached hydrogens (tertiary/aromatic N) is 3. The Morgan fingerprint density at radius 2 is 2.26 bits per heavy atom. The van der Waals surface area contributed by atoms with E-state index < -0.39 is 0 Å². The third-order valence-corrected chi connectivity index (χ3v) is 6.08. The summed E-state index contributed by atoms with van der Waals surface area (Å²) in [7, 11) is 0. The summed E-state index contributed by atoms with van der Waals surface area (Å²) in [5.74, 6) is 0.404. The summed E-state index contributed by atoms with van der Waals surface area (Å²) in [4.78, 5) is 23.7. The third-order valence-electron chi connectivity index (χ3n) is 4.12. The molecule has 0 aliphatic carbocycles. The molecule has 1 aliphatic heterocycles. The SMILES string of the molecule is CCc1csc(C2CCCN(C(=O)c3csc(CCN)n3)C2)n1. The summed E-state index contributed by atoms with van der Waals surface area (Å²) in [6.45, 7) is 4.25. The second-order valence-electron chi connectivity index (χ2n) is 5.79. The first-order valence-electron chi connectivity index (χ1n) is 8.09. The summed E-state index contributed by atoms with van der Waals surface area (Å²) in [6.07, 6.45) is 3.83. The van der Waals surface area contributed by atoms with Gasteiger partial charge in [-0.1, -0.05) is 6.92 Å². The van der Waals surface area contributed by atoms with Gasteiger partial charge in [-0.05, 0) is 25.8 Å². The van der Waals surface area contributed by atoms with Crippen LogP contribution in [0.3, 0.4) is 0 Å². The van der Waals surface area contributed by atoms with Crippen LogP contribution < -0.4 is 5.73 Å². The topological polar surface area (TPSA) is 72.1 Å². The van der Waals surface area contributed by atoms with Gasteiger partial charge in [0.15, 0.2) is 0 Å². The van der Waals surface area contributed by atoms with Crippen LogP contribution in [0.4, 0.5) is 0 Å². The predicted molar refractivity (Wildman–Crippen MR) is 94.2 cm³/mol. The molecule has 1 aliphatic rings. The van der Waals surface area contributed by atoms with Crippen molar-refractivity contribution in [1.82, 2.24) is 14.9 Å². The smallest absolute Gasteiger partial charge is 0.273 e. The first kappa shape index (κ1) is 16.5. The van der Waals surface area contributed by atoms with E-state index in [9.17, 15) is 4.79 Å². The van der Waals surface area contributed by atoms with Crippen molar-refractivity contribution < 1.29 is 4.79 Å². The average Bonchev–Trinajstić information content (AvgIpc) is 3.24. The number of likely N-dealkylation sites (tertiary alicyclic amines) is 1. The Morgan fingerprint density at radius 3 is 3.00 bits per heavy atom. The number of rotatable bonds is 5. The largest absolute Gasteiger partial charge is 0.337 e. The van der Waals surface area contributed by atoms with E-state index in [0.29, 0.717) is 18.2 Å². The van der Waals surface area contributed by atoms with Gasteiger partial charge < -0.3 is 10.6 Å². The van der Waals surface area contributed by atoms with Crippen LogP contribution in [0, 0.1) is 0 Å². The van der Waals surface area contributed by atoms with E-state index in [2.05, 4.69) is 17.3 Å². The lowest BCUT2D eigenvalue weighted by Crippen LogP contribution is -2.39. The minimum atomic E-state index is 0.0430. The molecule has 1 amide bonds. The number of piperidine rings is 1. The Bertz CT molecular complexity index is 667. The van der Waals surface area contributed by atoms with Gasteiger partial charge in [-0.3, -0.25) is 4.79 Å². The molecule has 5 nitrogen and oxygen atoms in total. The van der Waals surface area contributed by atoms with Crippen LogP contribution >= 0.6 is 22.7 Å². The number of carbonyl (C=O) groups is 1. The molecule has 3 heterocycles. The lowest BCUT2D eigenvalue weighted by atomic mass is 9.98. The number of nitrogens with two attached hydrogens (primary N) is 1. The van der Waals surface area contributed by atoms with Crippen molar-refractivity contribution in [1.29, 1.82) is 0 Å². The molecule has 0 radical (unpaired) electrons. The molecule has 1 unspecified atom stereocenters. The van der Waals surface area contributed by atoms with Crippen molar-refractivity contribution in [2.75, 3.05) is 19.6 Å². The molecule has 1 atom stereocenters. The molecule has 3 rings (SSSR count). The Balaban J connectivity index is 1.68. The Labute approximate surface area is 144 Å².